The normalized spacial score (nSPS) is 13.1. The van der Waals surface area contributed by atoms with Gasteiger partial charge in [-0.1, -0.05) is 29.5 Å². The molecule has 0 spiro atoms. The van der Waals surface area contributed by atoms with Crippen LogP contribution in [0.25, 0.3) is 26.4 Å². The Morgan fingerprint density at radius 3 is 3.16 bits per heavy atom. The Hall–Kier alpha value is -2.20. The summed E-state index contributed by atoms with van der Waals surface area (Å²) in [6.45, 7) is 0.965. The molecule has 1 aliphatic rings. The van der Waals surface area contributed by atoms with E-state index in [-0.39, 0.29) is 0 Å². The van der Waals surface area contributed by atoms with Crippen LogP contribution in [0, 0.1) is 0 Å². The van der Waals surface area contributed by atoms with E-state index < -0.39 is 0 Å². The highest BCUT2D eigenvalue weighted by molar-refractivity contribution is 7.21. The first-order valence-corrected chi connectivity index (χ1v) is 7.09. The van der Waals surface area contributed by atoms with E-state index in [4.69, 9.17) is 0 Å². The Balaban J connectivity index is 1.94. The van der Waals surface area contributed by atoms with Crippen molar-refractivity contribution in [2.24, 2.45) is 0 Å². The number of hydrogen-bond donors (Lipinski definition) is 0. The Labute approximate surface area is 113 Å². The molecule has 0 amide bonds. The Morgan fingerprint density at radius 2 is 2.16 bits per heavy atom. The fourth-order valence-electron chi connectivity index (χ4n) is 2.96. The summed E-state index contributed by atoms with van der Waals surface area (Å²) >= 11 is 1.87. The van der Waals surface area contributed by atoms with Crippen molar-refractivity contribution in [3.63, 3.8) is 0 Å². The molecular weight excluding hydrogens is 254 g/mol. The molecule has 0 aliphatic carbocycles. The summed E-state index contributed by atoms with van der Waals surface area (Å²) in [6.07, 6.45) is 3.75. The van der Waals surface area contributed by atoms with Crippen molar-refractivity contribution in [2.45, 2.75) is 6.54 Å². The molecule has 0 atom stereocenters. The van der Waals surface area contributed by atoms with E-state index in [0.29, 0.717) is 0 Å². The van der Waals surface area contributed by atoms with Crippen molar-refractivity contribution in [3.8, 4) is 10.6 Å². The minimum absolute atomic E-state index is 0.965. The fraction of sp³-hybridized carbons (Fsp3) is 0.0667. The predicted octanol–water partition coefficient (Wildman–Crippen LogP) is 2.87. The zero-order valence-corrected chi connectivity index (χ0v) is 10.9. The Bertz CT molecular complexity index is 949. The third kappa shape index (κ3) is 1.12. The summed E-state index contributed by atoms with van der Waals surface area (Å²) in [5.74, 6) is 0. The van der Waals surface area contributed by atoms with Crippen molar-refractivity contribution in [1.29, 1.82) is 0 Å². The van der Waals surface area contributed by atoms with E-state index in [0.717, 1.165) is 6.54 Å². The SMILES string of the molecule is c1ccc2c(c1)C[n+]1c-2sc2cc3ccncn3c21. The summed E-state index contributed by atoms with van der Waals surface area (Å²) in [7, 11) is 0. The minimum atomic E-state index is 0.965. The van der Waals surface area contributed by atoms with Crippen LogP contribution in [0.2, 0.25) is 0 Å². The van der Waals surface area contributed by atoms with Gasteiger partial charge in [-0.2, -0.15) is 4.40 Å². The number of rotatable bonds is 0. The number of fused-ring (bicyclic) bond motifs is 7. The molecule has 0 fully saturated rings. The zero-order chi connectivity index (χ0) is 12.4. The summed E-state index contributed by atoms with van der Waals surface area (Å²) in [4.78, 5) is 4.24. The molecule has 3 nitrogen and oxygen atoms in total. The molecule has 1 aromatic carbocycles. The molecule has 19 heavy (non-hydrogen) atoms. The second kappa shape index (κ2) is 3.22. The number of nitrogens with zero attached hydrogens (tertiary/aromatic N) is 3. The largest absolute Gasteiger partial charge is 0.307 e. The number of benzene rings is 1. The maximum Gasteiger partial charge on any atom is 0.307 e. The molecule has 0 saturated heterocycles. The summed E-state index contributed by atoms with van der Waals surface area (Å²) in [5.41, 5.74) is 5.26. The average Bonchev–Trinajstić information content (AvgIpc) is 3.05. The maximum atomic E-state index is 4.24. The molecule has 4 heteroatoms. The molecular formula is C15H10N3S+. The lowest BCUT2D eigenvalue weighted by Crippen LogP contribution is -2.31. The summed E-state index contributed by atoms with van der Waals surface area (Å²) < 4.78 is 5.91. The van der Waals surface area contributed by atoms with Crippen LogP contribution in [0.5, 0.6) is 0 Å². The van der Waals surface area contributed by atoms with Crippen LogP contribution < -0.4 is 4.57 Å². The third-order valence-electron chi connectivity index (χ3n) is 3.80. The second-order valence-electron chi connectivity index (χ2n) is 4.86. The molecule has 4 heterocycles. The molecule has 0 radical (unpaired) electrons. The highest BCUT2D eigenvalue weighted by atomic mass is 32.1. The smallest absolute Gasteiger partial charge is 0.224 e. The molecule has 0 saturated carbocycles. The van der Waals surface area contributed by atoms with Gasteiger partial charge < -0.3 is 0 Å². The Morgan fingerprint density at radius 1 is 1.21 bits per heavy atom. The quantitative estimate of drug-likeness (QED) is 0.394. The van der Waals surface area contributed by atoms with Crippen molar-refractivity contribution < 1.29 is 4.57 Å². The standard InChI is InChI=1S/C15H10N3S/c1-2-4-12-10(3-1)8-17-14-13(19-15(12)17)7-11-5-6-16-9-18(11)14/h1-7,9H,8H2/q+1. The molecule has 0 N–H and O–H groups in total. The Kier molecular flexibility index (Phi) is 1.64. The molecule has 0 unspecified atom stereocenters. The van der Waals surface area contributed by atoms with Crippen molar-refractivity contribution in [3.05, 3.63) is 54.5 Å². The van der Waals surface area contributed by atoms with Crippen LogP contribution in [0.3, 0.4) is 0 Å². The van der Waals surface area contributed by atoms with E-state index in [1.807, 2.05) is 23.9 Å². The maximum absolute atomic E-state index is 4.24. The average molecular weight is 264 g/mol. The van der Waals surface area contributed by atoms with Crippen molar-refractivity contribution in [1.82, 2.24) is 9.38 Å². The van der Waals surface area contributed by atoms with Gasteiger partial charge in [0.15, 0.2) is 11.3 Å². The topological polar surface area (TPSA) is 21.2 Å². The van der Waals surface area contributed by atoms with Gasteiger partial charge in [-0.15, -0.1) is 0 Å². The monoisotopic (exact) mass is 264 g/mol. The first-order chi connectivity index (χ1) is 9.42. The first kappa shape index (κ1) is 9.69. The molecule has 0 bridgehead atoms. The zero-order valence-electron chi connectivity index (χ0n) is 10.1. The van der Waals surface area contributed by atoms with Crippen molar-refractivity contribution in [2.75, 3.05) is 0 Å². The summed E-state index contributed by atoms with van der Waals surface area (Å²) in [5, 5.41) is 1.36. The van der Waals surface area contributed by atoms with E-state index in [1.54, 1.807) is 0 Å². The molecule has 3 aromatic heterocycles. The lowest BCUT2D eigenvalue weighted by Gasteiger charge is -1.92. The molecule has 4 aromatic rings. The third-order valence-corrected chi connectivity index (χ3v) is 4.96. The highest BCUT2D eigenvalue weighted by Gasteiger charge is 2.30. The van der Waals surface area contributed by atoms with Crippen LogP contribution in [-0.4, -0.2) is 9.38 Å². The van der Waals surface area contributed by atoms with E-state index in [9.17, 15) is 0 Å². The summed E-state index contributed by atoms with van der Waals surface area (Å²) in [6, 6.07) is 13.0. The van der Waals surface area contributed by atoms with Gasteiger partial charge >= 0.3 is 5.65 Å². The molecule has 1 aliphatic heterocycles. The fourth-order valence-corrected chi connectivity index (χ4v) is 4.22. The van der Waals surface area contributed by atoms with Gasteiger partial charge in [-0.05, 0) is 6.07 Å². The van der Waals surface area contributed by atoms with Crippen LogP contribution in [0.15, 0.2) is 48.9 Å². The van der Waals surface area contributed by atoms with Gasteiger partial charge in [-0.3, -0.25) is 0 Å². The van der Waals surface area contributed by atoms with Crippen LogP contribution >= 0.6 is 11.3 Å². The van der Waals surface area contributed by atoms with Crippen LogP contribution in [0.4, 0.5) is 0 Å². The molecule has 90 valence electrons. The number of hydrogen-bond acceptors (Lipinski definition) is 2. The van der Waals surface area contributed by atoms with Gasteiger partial charge in [0.1, 0.15) is 16.8 Å². The van der Waals surface area contributed by atoms with Gasteiger partial charge in [0.05, 0.1) is 0 Å². The first-order valence-electron chi connectivity index (χ1n) is 6.27. The van der Waals surface area contributed by atoms with Crippen molar-refractivity contribution >= 4 is 27.2 Å². The minimum Gasteiger partial charge on any atom is -0.224 e. The van der Waals surface area contributed by atoms with Crippen LogP contribution in [-0.2, 0) is 6.54 Å². The van der Waals surface area contributed by atoms with Gasteiger partial charge in [0.2, 0.25) is 0 Å². The highest BCUT2D eigenvalue weighted by Crippen LogP contribution is 2.36. The van der Waals surface area contributed by atoms with E-state index in [2.05, 4.69) is 50.3 Å². The van der Waals surface area contributed by atoms with Gasteiger partial charge in [0, 0.05) is 29.5 Å². The van der Waals surface area contributed by atoms with Crippen LogP contribution in [0.1, 0.15) is 5.56 Å². The number of thiazole rings is 1. The van der Waals surface area contributed by atoms with Gasteiger partial charge in [0.25, 0.3) is 0 Å². The second-order valence-corrected chi connectivity index (χ2v) is 5.89. The lowest BCUT2D eigenvalue weighted by molar-refractivity contribution is -0.644. The number of aromatic nitrogens is 3. The van der Waals surface area contributed by atoms with Gasteiger partial charge in [-0.25, -0.2) is 9.55 Å². The van der Waals surface area contributed by atoms with E-state index >= 15 is 0 Å². The predicted molar refractivity (Wildman–Crippen MR) is 75.3 cm³/mol. The lowest BCUT2D eigenvalue weighted by atomic mass is 10.1. The van der Waals surface area contributed by atoms with E-state index in [1.165, 1.54) is 32.0 Å². The molecule has 5 rings (SSSR count).